The van der Waals surface area contributed by atoms with Crippen LogP contribution in [-0.2, 0) is 13.1 Å². The highest BCUT2D eigenvalue weighted by Crippen LogP contribution is 2.30. The molecule has 3 aromatic rings. The van der Waals surface area contributed by atoms with Gasteiger partial charge in [0, 0.05) is 59.5 Å². The van der Waals surface area contributed by atoms with Crippen LogP contribution in [0.4, 0.5) is 0 Å². The van der Waals surface area contributed by atoms with Crippen LogP contribution >= 0.6 is 11.8 Å². The third-order valence-corrected chi connectivity index (χ3v) is 5.61. The van der Waals surface area contributed by atoms with Gasteiger partial charge in [-0.15, -0.1) is 0 Å². The number of aryl methyl sites for hydroxylation is 1. The molecule has 22 heavy (non-hydrogen) atoms. The van der Waals surface area contributed by atoms with Crippen molar-refractivity contribution in [3.63, 3.8) is 0 Å². The van der Waals surface area contributed by atoms with Crippen LogP contribution in [0.5, 0.6) is 0 Å². The molecule has 0 bridgehead atoms. The summed E-state index contributed by atoms with van der Waals surface area (Å²) in [5, 5.41) is 2.79. The molecule has 4 rings (SSSR count). The molecule has 1 aromatic heterocycles. The lowest BCUT2D eigenvalue weighted by molar-refractivity contribution is 0.295. The van der Waals surface area contributed by atoms with Crippen molar-refractivity contribution < 1.29 is 0 Å². The van der Waals surface area contributed by atoms with Crippen LogP contribution < -0.4 is 0 Å². The molecule has 2 heterocycles. The number of nitrogens with zero attached hydrogens (tertiary/aromatic N) is 2. The normalized spacial score (nSPS) is 16.6. The van der Waals surface area contributed by atoms with E-state index in [4.69, 9.17) is 0 Å². The molecule has 0 unspecified atom stereocenters. The number of hydrogen-bond acceptors (Lipinski definition) is 2. The number of benzene rings is 2. The molecule has 1 aliphatic rings. The number of aromatic nitrogens is 1. The molecule has 1 saturated heterocycles. The first-order valence-electron chi connectivity index (χ1n) is 8.17. The molecule has 0 saturated carbocycles. The Labute approximate surface area is 136 Å². The summed E-state index contributed by atoms with van der Waals surface area (Å²) >= 11 is 2.07. The van der Waals surface area contributed by atoms with Crippen molar-refractivity contribution in [1.29, 1.82) is 0 Å². The van der Waals surface area contributed by atoms with E-state index < -0.39 is 0 Å². The lowest BCUT2D eigenvalue weighted by Crippen LogP contribution is -2.31. The summed E-state index contributed by atoms with van der Waals surface area (Å²) in [6.45, 7) is 6.78. The molecule has 0 atom stereocenters. The number of hydrogen-bond donors (Lipinski definition) is 0. The average Bonchev–Trinajstić information content (AvgIpc) is 2.89. The van der Waals surface area contributed by atoms with Gasteiger partial charge in [0.05, 0.1) is 0 Å². The number of thioether (sulfide) groups is 1. The maximum Gasteiger partial charge on any atom is 0.0491 e. The summed E-state index contributed by atoms with van der Waals surface area (Å²) in [7, 11) is 0. The minimum atomic E-state index is 1.02. The fourth-order valence-electron chi connectivity index (χ4n) is 3.56. The van der Waals surface area contributed by atoms with Gasteiger partial charge in [0.1, 0.15) is 0 Å². The minimum absolute atomic E-state index is 1.02. The minimum Gasteiger partial charge on any atom is -0.341 e. The van der Waals surface area contributed by atoms with Crippen molar-refractivity contribution in [2.24, 2.45) is 0 Å². The molecule has 0 amide bonds. The largest absolute Gasteiger partial charge is 0.341 e. The highest BCUT2D eigenvalue weighted by atomic mass is 32.2. The van der Waals surface area contributed by atoms with E-state index in [1.165, 1.54) is 52.0 Å². The first kappa shape index (κ1) is 14.2. The van der Waals surface area contributed by atoms with Gasteiger partial charge in [-0.2, -0.15) is 11.8 Å². The van der Waals surface area contributed by atoms with Gasteiger partial charge in [-0.25, -0.2) is 0 Å². The topological polar surface area (TPSA) is 8.17 Å². The quantitative estimate of drug-likeness (QED) is 0.710. The first-order valence-corrected chi connectivity index (χ1v) is 9.32. The standard InChI is InChI=1S/C19H22N2S/c1-2-21-18-6-4-3-5-16(18)17-13-15(7-8-19(17)21)14-20-9-11-22-12-10-20/h3-8,13H,2,9-12,14H2,1H3. The lowest BCUT2D eigenvalue weighted by atomic mass is 10.1. The van der Waals surface area contributed by atoms with E-state index in [0.717, 1.165) is 13.1 Å². The highest BCUT2D eigenvalue weighted by Gasteiger charge is 2.13. The van der Waals surface area contributed by atoms with Crippen LogP contribution in [0, 0.1) is 0 Å². The van der Waals surface area contributed by atoms with Crippen LogP contribution in [0.1, 0.15) is 12.5 Å². The Morgan fingerprint density at radius 2 is 1.73 bits per heavy atom. The van der Waals surface area contributed by atoms with E-state index in [1.807, 2.05) is 0 Å². The molecular weight excluding hydrogens is 288 g/mol. The van der Waals surface area contributed by atoms with Crippen molar-refractivity contribution in [2.45, 2.75) is 20.0 Å². The average molecular weight is 310 g/mol. The van der Waals surface area contributed by atoms with Gasteiger partial charge in [-0.05, 0) is 30.7 Å². The van der Waals surface area contributed by atoms with Crippen molar-refractivity contribution in [2.75, 3.05) is 24.6 Å². The maximum atomic E-state index is 2.58. The predicted octanol–water partition coefficient (Wildman–Crippen LogP) is 4.36. The summed E-state index contributed by atoms with van der Waals surface area (Å²) in [6, 6.07) is 15.8. The van der Waals surface area contributed by atoms with Gasteiger partial charge in [-0.1, -0.05) is 24.3 Å². The maximum absolute atomic E-state index is 2.58. The van der Waals surface area contributed by atoms with Crippen molar-refractivity contribution in [3.8, 4) is 0 Å². The third-order valence-electron chi connectivity index (χ3n) is 4.66. The van der Waals surface area contributed by atoms with Crippen LogP contribution in [0.15, 0.2) is 42.5 Å². The molecule has 0 aliphatic carbocycles. The van der Waals surface area contributed by atoms with Crippen LogP contribution in [-0.4, -0.2) is 34.1 Å². The smallest absolute Gasteiger partial charge is 0.0491 e. The molecule has 2 nitrogen and oxygen atoms in total. The molecule has 0 radical (unpaired) electrons. The molecule has 0 N–H and O–H groups in total. The van der Waals surface area contributed by atoms with E-state index >= 15 is 0 Å². The second-order valence-corrected chi connectivity index (χ2v) is 7.23. The van der Waals surface area contributed by atoms with Gasteiger partial charge >= 0.3 is 0 Å². The second-order valence-electron chi connectivity index (χ2n) is 6.00. The zero-order valence-corrected chi connectivity index (χ0v) is 13.9. The molecule has 0 spiro atoms. The van der Waals surface area contributed by atoms with E-state index in [2.05, 4.69) is 70.6 Å². The van der Waals surface area contributed by atoms with Crippen molar-refractivity contribution >= 4 is 33.6 Å². The Morgan fingerprint density at radius 3 is 2.55 bits per heavy atom. The fraction of sp³-hybridized carbons (Fsp3) is 0.368. The number of para-hydroxylation sites is 1. The Hall–Kier alpha value is -1.45. The van der Waals surface area contributed by atoms with Gasteiger partial charge in [0.15, 0.2) is 0 Å². The van der Waals surface area contributed by atoms with Crippen molar-refractivity contribution in [3.05, 3.63) is 48.0 Å². The van der Waals surface area contributed by atoms with Crippen molar-refractivity contribution in [1.82, 2.24) is 9.47 Å². The molecule has 1 aliphatic heterocycles. The molecule has 1 fully saturated rings. The fourth-order valence-corrected chi connectivity index (χ4v) is 4.54. The number of fused-ring (bicyclic) bond motifs is 3. The highest BCUT2D eigenvalue weighted by molar-refractivity contribution is 7.99. The second kappa shape index (κ2) is 5.98. The zero-order chi connectivity index (χ0) is 14.9. The van der Waals surface area contributed by atoms with Crippen LogP contribution in [0.25, 0.3) is 21.8 Å². The van der Waals surface area contributed by atoms with E-state index in [1.54, 1.807) is 0 Å². The Balaban J connectivity index is 1.78. The summed E-state index contributed by atoms with van der Waals surface area (Å²) in [5.41, 5.74) is 4.16. The first-order chi connectivity index (χ1) is 10.9. The zero-order valence-electron chi connectivity index (χ0n) is 13.1. The summed E-state index contributed by atoms with van der Waals surface area (Å²) in [6.07, 6.45) is 0. The van der Waals surface area contributed by atoms with E-state index in [0.29, 0.717) is 0 Å². The van der Waals surface area contributed by atoms with Gasteiger partial charge in [-0.3, -0.25) is 4.90 Å². The number of rotatable bonds is 3. The molecule has 3 heteroatoms. The van der Waals surface area contributed by atoms with E-state index in [-0.39, 0.29) is 0 Å². The van der Waals surface area contributed by atoms with Gasteiger partial charge in [0.2, 0.25) is 0 Å². The van der Waals surface area contributed by atoms with E-state index in [9.17, 15) is 0 Å². The summed E-state index contributed by atoms with van der Waals surface area (Å²) in [5.74, 6) is 2.55. The summed E-state index contributed by atoms with van der Waals surface area (Å²) < 4.78 is 2.42. The molecule has 2 aromatic carbocycles. The van der Waals surface area contributed by atoms with Gasteiger partial charge < -0.3 is 4.57 Å². The van der Waals surface area contributed by atoms with Crippen LogP contribution in [0.2, 0.25) is 0 Å². The lowest BCUT2D eigenvalue weighted by Gasteiger charge is -2.26. The Morgan fingerprint density at radius 1 is 0.955 bits per heavy atom. The Bertz CT molecular complexity index is 800. The van der Waals surface area contributed by atoms with Crippen LogP contribution in [0.3, 0.4) is 0 Å². The molecule has 114 valence electrons. The monoisotopic (exact) mass is 310 g/mol. The van der Waals surface area contributed by atoms with Gasteiger partial charge in [0.25, 0.3) is 0 Å². The predicted molar refractivity (Wildman–Crippen MR) is 97.7 cm³/mol. The third kappa shape index (κ3) is 2.42. The SMILES string of the molecule is CCn1c2ccccc2c2cc(CN3CCSCC3)ccc21. The summed E-state index contributed by atoms with van der Waals surface area (Å²) in [4.78, 5) is 2.58. The molecular formula is C19H22N2S. The Kier molecular flexibility index (Phi) is 3.85.